The number of likely N-dealkylation sites (tertiary alicyclic amines) is 1. The fourth-order valence-electron chi connectivity index (χ4n) is 5.24. The molecule has 40 heavy (non-hydrogen) atoms. The van der Waals surface area contributed by atoms with E-state index >= 15 is 0 Å². The molecule has 2 amide bonds. The van der Waals surface area contributed by atoms with Crippen molar-refractivity contribution < 1.29 is 52.3 Å². The van der Waals surface area contributed by atoms with Crippen molar-refractivity contribution in [3.05, 3.63) is 0 Å². The molecule has 1 fully saturated rings. The summed E-state index contributed by atoms with van der Waals surface area (Å²) in [5, 5.41) is 5.60. The Bertz CT molecular complexity index is 606. The Morgan fingerprint density at radius 1 is 0.675 bits per heavy atom. The summed E-state index contributed by atoms with van der Waals surface area (Å²) in [5.74, 6) is 0. The van der Waals surface area contributed by atoms with Crippen LogP contribution in [-0.4, -0.2) is 82.9 Å². The van der Waals surface area contributed by atoms with Crippen LogP contribution in [0, 0.1) is 0 Å². The molecular weight excluding hydrogens is 621 g/mol. The molecule has 2 N–H and O–H groups in total. The van der Waals surface area contributed by atoms with Crippen LogP contribution in [0.25, 0.3) is 0 Å². The smallest absolute Gasteiger partial charge is 0.407 e. The molecule has 9 heteroatoms. The van der Waals surface area contributed by atoms with Gasteiger partial charge in [0.2, 0.25) is 0 Å². The Kier molecular flexibility index (Phi) is 26.5. The number of rotatable bonds is 25. The lowest BCUT2D eigenvalue weighted by Crippen LogP contribution is -3.00. The summed E-state index contributed by atoms with van der Waals surface area (Å²) in [6, 6.07) is 0. The van der Waals surface area contributed by atoms with E-state index in [1.807, 2.05) is 0 Å². The highest BCUT2D eigenvalue weighted by atomic mass is 127. The van der Waals surface area contributed by atoms with Crippen LogP contribution in [0.1, 0.15) is 122 Å². The summed E-state index contributed by atoms with van der Waals surface area (Å²) in [5.41, 5.74) is 0. The summed E-state index contributed by atoms with van der Waals surface area (Å²) in [4.78, 5) is 23.9. The number of hydrogen-bond acceptors (Lipinski definition) is 5. The van der Waals surface area contributed by atoms with Crippen molar-refractivity contribution in [3.8, 4) is 0 Å². The van der Waals surface area contributed by atoms with Gasteiger partial charge in [-0.15, -0.1) is 0 Å². The van der Waals surface area contributed by atoms with Gasteiger partial charge in [-0.1, -0.05) is 103 Å². The van der Waals surface area contributed by atoms with Crippen molar-refractivity contribution in [2.24, 2.45) is 0 Å². The number of ether oxygens (including phenoxy) is 3. The highest BCUT2D eigenvalue weighted by molar-refractivity contribution is 5.67. The lowest BCUT2D eigenvalue weighted by Gasteiger charge is -2.29. The molecule has 1 atom stereocenters. The van der Waals surface area contributed by atoms with Crippen molar-refractivity contribution >= 4 is 12.2 Å². The number of methoxy groups -OCH3 is 1. The Morgan fingerprint density at radius 3 is 1.50 bits per heavy atom. The first-order chi connectivity index (χ1) is 19.0. The van der Waals surface area contributed by atoms with E-state index in [0.717, 1.165) is 23.9 Å². The summed E-state index contributed by atoms with van der Waals surface area (Å²) in [6.07, 6.45) is 22.4. The van der Waals surface area contributed by atoms with Crippen LogP contribution in [0.5, 0.6) is 0 Å². The molecule has 1 unspecified atom stereocenters. The molecule has 0 aromatic heterocycles. The second-order valence-electron chi connectivity index (χ2n) is 11.7. The minimum Gasteiger partial charge on any atom is -1.00 e. The Hall–Kier alpha value is -0.810. The summed E-state index contributed by atoms with van der Waals surface area (Å²) >= 11 is 0. The van der Waals surface area contributed by atoms with Gasteiger partial charge in [-0.25, -0.2) is 9.59 Å². The molecule has 0 aromatic carbocycles. The van der Waals surface area contributed by atoms with E-state index in [0.29, 0.717) is 13.1 Å². The Morgan fingerprint density at radius 2 is 1.07 bits per heavy atom. The van der Waals surface area contributed by atoms with Crippen LogP contribution in [0.3, 0.4) is 0 Å². The summed E-state index contributed by atoms with van der Waals surface area (Å²) in [6.45, 7) is 6.81. The van der Waals surface area contributed by atoms with Gasteiger partial charge in [-0.2, -0.15) is 0 Å². The maximum Gasteiger partial charge on any atom is 0.407 e. The third-order valence-electron chi connectivity index (χ3n) is 8.00. The maximum atomic E-state index is 11.9. The van der Waals surface area contributed by atoms with E-state index in [4.69, 9.17) is 14.2 Å². The first-order valence-corrected chi connectivity index (χ1v) is 16.2. The molecule has 1 aliphatic heterocycles. The zero-order valence-electron chi connectivity index (χ0n) is 26.1. The lowest BCUT2D eigenvalue weighted by molar-refractivity contribution is -0.896. The largest absolute Gasteiger partial charge is 1.00 e. The maximum absolute atomic E-state index is 11.9. The number of alkyl carbamates (subject to hydrolysis) is 2. The van der Waals surface area contributed by atoms with E-state index in [9.17, 15) is 9.59 Å². The number of hydrogen-bond donors (Lipinski definition) is 2. The molecular formula is C31H62IN3O5. The molecule has 0 aliphatic carbocycles. The van der Waals surface area contributed by atoms with Gasteiger partial charge in [0.1, 0.15) is 19.3 Å². The minimum absolute atomic E-state index is 0. The first kappa shape index (κ1) is 39.2. The number of nitrogens with zero attached hydrogens (tertiary/aromatic N) is 1. The molecule has 0 saturated carbocycles. The average molecular weight is 684 g/mol. The summed E-state index contributed by atoms with van der Waals surface area (Å²) < 4.78 is 16.7. The van der Waals surface area contributed by atoms with Gasteiger partial charge in [0.25, 0.3) is 0 Å². The molecule has 1 rings (SSSR count). The highest BCUT2D eigenvalue weighted by Crippen LogP contribution is 2.15. The van der Waals surface area contributed by atoms with Gasteiger partial charge < -0.3 is 53.3 Å². The second kappa shape index (κ2) is 27.0. The number of amides is 2. The van der Waals surface area contributed by atoms with Gasteiger partial charge in [-0.3, -0.25) is 0 Å². The van der Waals surface area contributed by atoms with Crippen molar-refractivity contribution in [3.63, 3.8) is 0 Å². The molecule has 0 spiro atoms. The third-order valence-corrected chi connectivity index (χ3v) is 8.00. The van der Waals surface area contributed by atoms with Crippen LogP contribution in [-0.2, 0) is 14.2 Å². The zero-order valence-corrected chi connectivity index (χ0v) is 28.3. The normalized spacial score (nSPS) is 14.8. The summed E-state index contributed by atoms with van der Waals surface area (Å²) in [7, 11) is 3.74. The number of quaternary nitrogens is 1. The molecule has 0 bridgehead atoms. The van der Waals surface area contributed by atoms with Crippen LogP contribution in [0.15, 0.2) is 0 Å². The van der Waals surface area contributed by atoms with Gasteiger partial charge in [0.15, 0.2) is 0 Å². The SMILES string of the molecule is CCCCCCCCCCCCCCCCCCNC(=O)OCC(COC(=O)NCC[N+]1(C)CCCC1)OC.[I-]. The standard InChI is InChI=1S/C31H61N3O5.HI/c1-4-5-6-7-8-9-10-11-12-13-14-15-16-17-18-19-22-32-30(35)38-27-29(37-3)28-39-31(36)33-23-26-34(2)24-20-21-25-34;/h29H,4-28H2,1-3H3,(H-,32,33,35,36);1H. The van der Waals surface area contributed by atoms with E-state index in [1.54, 1.807) is 0 Å². The molecule has 1 heterocycles. The fraction of sp³-hybridized carbons (Fsp3) is 0.935. The molecule has 0 radical (unpaired) electrons. The number of carbonyl (C=O) groups is 2. The first-order valence-electron chi connectivity index (χ1n) is 16.2. The van der Waals surface area contributed by atoms with Crippen LogP contribution >= 0.6 is 0 Å². The predicted octanol–water partition coefficient (Wildman–Crippen LogP) is 3.96. The Labute approximate surface area is 263 Å². The van der Waals surface area contributed by atoms with Gasteiger partial charge in [-0.05, 0) is 6.42 Å². The van der Waals surface area contributed by atoms with Crippen molar-refractivity contribution in [2.45, 2.75) is 129 Å². The van der Waals surface area contributed by atoms with Gasteiger partial charge in [0, 0.05) is 26.5 Å². The van der Waals surface area contributed by atoms with E-state index in [-0.39, 0.29) is 37.2 Å². The Balaban J connectivity index is 0.0000152. The van der Waals surface area contributed by atoms with E-state index < -0.39 is 18.3 Å². The van der Waals surface area contributed by atoms with Gasteiger partial charge in [0.05, 0.1) is 33.2 Å². The molecule has 1 aliphatic rings. The van der Waals surface area contributed by atoms with Crippen molar-refractivity contribution in [1.82, 2.24) is 10.6 Å². The molecule has 238 valence electrons. The second-order valence-corrected chi connectivity index (χ2v) is 11.7. The number of unbranched alkanes of at least 4 members (excludes halogenated alkanes) is 15. The third kappa shape index (κ3) is 22.8. The zero-order chi connectivity index (χ0) is 28.4. The predicted molar refractivity (Wildman–Crippen MR) is 159 cm³/mol. The average Bonchev–Trinajstić information content (AvgIpc) is 3.36. The van der Waals surface area contributed by atoms with Gasteiger partial charge >= 0.3 is 12.2 Å². The highest BCUT2D eigenvalue weighted by Gasteiger charge is 2.26. The number of halogens is 1. The quantitative estimate of drug-likeness (QED) is 0.0866. The number of nitrogens with one attached hydrogen (secondary N) is 2. The van der Waals surface area contributed by atoms with Crippen molar-refractivity contribution in [1.29, 1.82) is 0 Å². The topological polar surface area (TPSA) is 85.9 Å². The van der Waals surface area contributed by atoms with E-state index in [1.165, 1.54) is 123 Å². The van der Waals surface area contributed by atoms with Crippen LogP contribution in [0.4, 0.5) is 9.59 Å². The molecule has 8 nitrogen and oxygen atoms in total. The van der Waals surface area contributed by atoms with Crippen LogP contribution < -0.4 is 34.6 Å². The van der Waals surface area contributed by atoms with Crippen LogP contribution in [0.2, 0.25) is 0 Å². The number of likely N-dealkylation sites (N-methyl/N-ethyl adjacent to an activating group) is 1. The van der Waals surface area contributed by atoms with Crippen molar-refractivity contribution in [2.75, 3.05) is 60.1 Å². The number of carbonyl (C=O) groups excluding carboxylic acids is 2. The fourth-order valence-corrected chi connectivity index (χ4v) is 5.24. The van der Waals surface area contributed by atoms with E-state index in [2.05, 4.69) is 24.6 Å². The lowest BCUT2D eigenvalue weighted by atomic mass is 10.0. The minimum atomic E-state index is -0.486. The monoisotopic (exact) mass is 683 g/mol. The molecule has 1 saturated heterocycles. The molecule has 0 aromatic rings.